The summed E-state index contributed by atoms with van der Waals surface area (Å²) in [7, 11) is 0. The van der Waals surface area contributed by atoms with E-state index in [0.717, 1.165) is 12.0 Å². The number of halogens is 1. The molecular formula is C12H13BrN2O2. The Morgan fingerprint density at radius 1 is 1.41 bits per heavy atom. The molecular weight excluding hydrogens is 284 g/mol. The van der Waals surface area contributed by atoms with Crippen LogP contribution in [0.4, 0.5) is 0 Å². The molecule has 0 saturated heterocycles. The fraction of sp³-hybridized carbons (Fsp3) is 0.333. The summed E-state index contributed by atoms with van der Waals surface area (Å²) in [5.41, 5.74) is 0.947. The summed E-state index contributed by atoms with van der Waals surface area (Å²) < 4.78 is 5.53. The average Bonchev–Trinajstić information content (AvgIpc) is 2.76. The first-order valence-corrected chi connectivity index (χ1v) is 6.35. The lowest BCUT2D eigenvalue weighted by Crippen LogP contribution is -1.87. The van der Waals surface area contributed by atoms with Crippen LogP contribution in [-0.2, 0) is 6.42 Å². The molecule has 0 fully saturated rings. The largest absolute Gasteiger partial charge is 0.508 e. The Hall–Kier alpha value is -1.36. The van der Waals surface area contributed by atoms with Gasteiger partial charge in [0, 0.05) is 0 Å². The summed E-state index contributed by atoms with van der Waals surface area (Å²) in [5, 5.41) is 17.3. The van der Waals surface area contributed by atoms with E-state index >= 15 is 0 Å². The third kappa shape index (κ3) is 3.06. The zero-order valence-corrected chi connectivity index (χ0v) is 11.0. The van der Waals surface area contributed by atoms with Gasteiger partial charge in [0.15, 0.2) is 0 Å². The third-order valence-corrected chi connectivity index (χ3v) is 3.41. The molecule has 0 aliphatic carbocycles. The van der Waals surface area contributed by atoms with Crippen molar-refractivity contribution in [2.24, 2.45) is 0 Å². The van der Waals surface area contributed by atoms with Gasteiger partial charge < -0.3 is 9.52 Å². The lowest BCUT2D eigenvalue weighted by Gasteiger charge is -1.99. The molecule has 1 atom stereocenters. The van der Waals surface area contributed by atoms with Gasteiger partial charge in [-0.15, -0.1) is 10.2 Å². The van der Waals surface area contributed by atoms with Gasteiger partial charge in [-0.05, 0) is 24.1 Å². The number of hydrogen-bond donors (Lipinski definition) is 1. The molecule has 0 saturated carbocycles. The van der Waals surface area contributed by atoms with Crippen molar-refractivity contribution in [3.05, 3.63) is 41.6 Å². The zero-order chi connectivity index (χ0) is 12.3. The first kappa shape index (κ1) is 12.1. The molecule has 0 bridgehead atoms. The number of nitrogens with zero attached hydrogens (tertiary/aromatic N) is 2. The normalized spacial score (nSPS) is 12.6. The van der Waals surface area contributed by atoms with Crippen LogP contribution in [0.15, 0.2) is 28.7 Å². The summed E-state index contributed by atoms with van der Waals surface area (Å²) in [6.45, 7) is 2.04. The predicted octanol–water partition coefficient (Wildman–Crippen LogP) is 3.21. The van der Waals surface area contributed by atoms with Gasteiger partial charge in [0.05, 0.1) is 11.2 Å². The Labute approximate surface area is 108 Å². The van der Waals surface area contributed by atoms with Crippen molar-refractivity contribution >= 4 is 15.9 Å². The van der Waals surface area contributed by atoms with Crippen LogP contribution < -0.4 is 0 Å². The quantitative estimate of drug-likeness (QED) is 0.880. The predicted molar refractivity (Wildman–Crippen MR) is 67.2 cm³/mol. The topological polar surface area (TPSA) is 59.2 Å². The molecule has 0 radical (unpaired) electrons. The number of hydrogen-bond acceptors (Lipinski definition) is 4. The monoisotopic (exact) mass is 296 g/mol. The van der Waals surface area contributed by atoms with Crippen LogP contribution in [0.25, 0.3) is 0 Å². The van der Waals surface area contributed by atoms with E-state index < -0.39 is 0 Å². The fourth-order valence-corrected chi connectivity index (χ4v) is 1.67. The molecule has 2 aromatic rings. The van der Waals surface area contributed by atoms with Crippen molar-refractivity contribution in [3.8, 4) is 5.75 Å². The number of aromatic hydroxyl groups is 1. The van der Waals surface area contributed by atoms with Gasteiger partial charge in [0.1, 0.15) is 5.75 Å². The second-order valence-corrected chi connectivity index (χ2v) is 4.86. The highest BCUT2D eigenvalue weighted by Gasteiger charge is 2.13. The van der Waals surface area contributed by atoms with E-state index in [2.05, 4.69) is 26.1 Å². The summed E-state index contributed by atoms with van der Waals surface area (Å²) in [6, 6.07) is 7.03. The second kappa shape index (κ2) is 5.31. The second-order valence-electron chi connectivity index (χ2n) is 3.76. The third-order valence-electron chi connectivity index (χ3n) is 2.37. The Morgan fingerprint density at radius 2 is 2.24 bits per heavy atom. The molecule has 1 aromatic carbocycles. The van der Waals surface area contributed by atoms with Gasteiger partial charge in [-0.3, -0.25) is 0 Å². The molecule has 2 rings (SSSR count). The summed E-state index contributed by atoms with van der Waals surface area (Å²) in [4.78, 5) is 0.105. The van der Waals surface area contributed by atoms with E-state index in [1.165, 1.54) is 0 Å². The van der Waals surface area contributed by atoms with Crippen LogP contribution in [0.1, 0.15) is 35.5 Å². The molecule has 0 aliphatic heterocycles. The standard InChI is InChI=1S/C12H13BrN2O2/c1-2-10(13)12-15-14-11(17-12)7-8-4-3-5-9(16)6-8/h3-6,10,16H,2,7H2,1H3. The lowest BCUT2D eigenvalue weighted by molar-refractivity contribution is 0.452. The number of benzene rings is 1. The maximum absolute atomic E-state index is 9.35. The Bertz CT molecular complexity index is 499. The van der Waals surface area contributed by atoms with Gasteiger partial charge in [-0.1, -0.05) is 35.0 Å². The zero-order valence-electron chi connectivity index (χ0n) is 9.43. The van der Waals surface area contributed by atoms with Gasteiger partial charge in [0.2, 0.25) is 11.8 Å². The Balaban J connectivity index is 2.11. The van der Waals surface area contributed by atoms with Crippen molar-refractivity contribution in [1.29, 1.82) is 0 Å². The molecule has 90 valence electrons. The smallest absolute Gasteiger partial charge is 0.230 e. The summed E-state index contributed by atoms with van der Waals surface area (Å²) >= 11 is 3.46. The van der Waals surface area contributed by atoms with Crippen LogP contribution in [0.2, 0.25) is 0 Å². The Kier molecular flexibility index (Phi) is 3.78. The highest BCUT2D eigenvalue weighted by atomic mass is 79.9. The SMILES string of the molecule is CCC(Br)c1nnc(Cc2cccc(O)c2)o1. The van der Waals surface area contributed by atoms with Gasteiger partial charge in [-0.2, -0.15) is 0 Å². The van der Waals surface area contributed by atoms with Gasteiger partial charge >= 0.3 is 0 Å². The first-order valence-electron chi connectivity index (χ1n) is 5.43. The molecule has 0 aliphatic rings. The molecule has 1 aromatic heterocycles. The van der Waals surface area contributed by atoms with Crippen LogP contribution in [0.5, 0.6) is 5.75 Å². The van der Waals surface area contributed by atoms with Crippen molar-refractivity contribution in [1.82, 2.24) is 10.2 Å². The molecule has 0 amide bonds. The van der Waals surface area contributed by atoms with Crippen LogP contribution in [0.3, 0.4) is 0 Å². The molecule has 5 heteroatoms. The minimum Gasteiger partial charge on any atom is -0.508 e. The molecule has 1 unspecified atom stereocenters. The molecule has 17 heavy (non-hydrogen) atoms. The lowest BCUT2D eigenvalue weighted by atomic mass is 10.1. The highest BCUT2D eigenvalue weighted by Crippen LogP contribution is 2.25. The minimum atomic E-state index is 0.105. The number of aromatic nitrogens is 2. The van der Waals surface area contributed by atoms with Gasteiger partial charge in [0.25, 0.3) is 0 Å². The molecule has 4 nitrogen and oxygen atoms in total. The van der Waals surface area contributed by atoms with Crippen molar-refractivity contribution in [2.75, 3.05) is 0 Å². The number of phenolic OH excluding ortho intramolecular Hbond substituents is 1. The number of alkyl halides is 1. The summed E-state index contributed by atoms with van der Waals surface area (Å²) in [6.07, 6.45) is 1.43. The van der Waals surface area contributed by atoms with Crippen molar-refractivity contribution in [2.45, 2.75) is 24.6 Å². The van der Waals surface area contributed by atoms with Crippen LogP contribution in [-0.4, -0.2) is 15.3 Å². The van der Waals surface area contributed by atoms with Crippen LogP contribution in [0, 0.1) is 0 Å². The maximum Gasteiger partial charge on any atom is 0.230 e. The van der Waals surface area contributed by atoms with Crippen molar-refractivity contribution < 1.29 is 9.52 Å². The average molecular weight is 297 g/mol. The van der Waals surface area contributed by atoms with E-state index in [0.29, 0.717) is 18.2 Å². The first-order chi connectivity index (χ1) is 8.19. The van der Waals surface area contributed by atoms with E-state index in [1.807, 2.05) is 13.0 Å². The van der Waals surface area contributed by atoms with Gasteiger partial charge in [-0.25, -0.2) is 0 Å². The van der Waals surface area contributed by atoms with Crippen molar-refractivity contribution in [3.63, 3.8) is 0 Å². The van der Waals surface area contributed by atoms with E-state index in [-0.39, 0.29) is 10.6 Å². The van der Waals surface area contributed by atoms with E-state index in [1.54, 1.807) is 18.2 Å². The Morgan fingerprint density at radius 3 is 2.94 bits per heavy atom. The van der Waals surface area contributed by atoms with Crippen LogP contribution >= 0.6 is 15.9 Å². The van der Waals surface area contributed by atoms with E-state index in [4.69, 9.17) is 4.42 Å². The highest BCUT2D eigenvalue weighted by molar-refractivity contribution is 9.09. The molecule has 1 N–H and O–H groups in total. The molecule has 1 heterocycles. The number of phenols is 1. The van der Waals surface area contributed by atoms with E-state index in [9.17, 15) is 5.11 Å². The number of rotatable bonds is 4. The summed E-state index contributed by atoms with van der Waals surface area (Å²) in [5.74, 6) is 1.40. The fourth-order valence-electron chi connectivity index (χ4n) is 1.48. The minimum absolute atomic E-state index is 0.105. The maximum atomic E-state index is 9.35. The molecule has 0 spiro atoms.